The first-order chi connectivity index (χ1) is 20.8. The third-order valence-electron chi connectivity index (χ3n) is 8.24. The highest BCUT2D eigenvalue weighted by molar-refractivity contribution is 6.11. The highest BCUT2D eigenvalue weighted by Gasteiger charge is 2.17. The topological polar surface area (TPSA) is 86.2 Å². The van der Waals surface area contributed by atoms with Crippen LogP contribution in [0.5, 0.6) is 0 Å². The highest BCUT2D eigenvalue weighted by atomic mass is 15.0. The smallest absolute Gasteiger partial charge is 0.148 e. The molecular formula is C34H18N8. The summed E-state index contributed by atoms with van der Waals surface area (Å²) in [6.07, 6.45) is 7.24. The zero-order valence-corrected chi connectivity index (χ0v) is 22.0. The van der Waals surface area contributed by atoms with Gasteiger partial charge in [-0.1, -0.05) is 12.1 Å². The van der Waals surface area contributed by atoms with E-state index in [0.717, 1.165) is 88.4 Å². The van der Waals surface area contributed by atoms with Gasteiger partial charge in [0.05, 0.1) is 33.1 Å². The number of benzene rings is 2. The van der Waals surface area contributed by atoms with Gasteiger partial charge in [0.25, 0.3) is 0 Å². The molecule has 0 aliphatic rings. The number of aromatic nitrogens is 8. The summed E-state index contributed by atoms with van der Waals surface area (Å²) in [5, 5.41) is 1.96. The molecule has 10 aromatic rings. The van der Waals surface area contributed by atoms with Crippen molar-refractivity contribution < 1.29 is 0 Å². The largest absolute Gasteiger partial charge is 0.290 e. The molecule has 8 nitrogen and oxygen atoms in total. The summed E-state index contributed by atoms with van der Waals surface area (Å²) in [6.45, 7) is 0. The van der Waals surface area contributed by atoms with Crippen LogP contribution in [0.4, 0.5) is 0 Å². The molecule has 8 heterocycles. The van der Waals surface area contributed by atoms with Crippen LogP contribution in [-0.2, 0) is 0 Å². The summed E-state index contributed by atoms with van der Waals surface area (Å²) in [5.74, 6) is 0. The van der Waals surface area contributed by atoms with Gasteiger partial charge in [0.15, 0.2) is 0 Å². The molecule has 42 heavy (non-hydrogen) atoms. The number of nitrogens with zero attached hydrogens (tertiary/aromatic N) is 8. The van der Waals surface area contributed by atoms with Crippen LogP contribution in [0.3, 0.4) is 0 Å². The molecule has 10 rings (SSSR count). The SMILES string of the molecule is c1cnc2c(c1)c1nc3cc(-c4ccc5c(c4)nc4c6cccnc6c6ncccc6n54)ccc3n1c1cccnc21. The van der Waals surface area contributed by atoms with Crippen LogP contribution in [-0.4, -0.2) is 38.7 Å². The number of imidazole rings is 2. The van der Waals surface area contributed by atoms with Gasteiger partial charge in [-0.15, -0.1) is 0 Å². The van der Waals surface area contributed by atoms with Crippen LogP contribution in [0, 0.1) is 0 Å². The second-order valence-corrected chi connectivity index (χ2v) is 10.5. The minimum Gasteiger partial charge on any atom is -0.290 e. The average molecular weight is 539 g/mol. The Balaban J connectivity index is 1.23. The Bertz CT molecular complexity index is 2570. The standard InChI is InChI=1S/C34H18N8/c1-5-21-29(35-13-1)31-27(7-3-15-37-31)41-25-11-9-19(17-23(25)39-33(21)41)20-10-12-26-24(18-20)40-34-22-6-2-14-36-30(22)32-28(42(26)34)8-4-16-38-32/h1-18H. The molecule has 0 N–H and O–H groups in total. The highest BCUT2D eigenvalue weighted by Crippen LogP contribution is 2.34. The minimum atomic E-state index is 0.860. The number of hydrogen-bond acceptors (Lipinski definition) is 6. The van der Waals surface area contributed by atoms with E-state index in [-0.39, 0.29) is 0 Å². The van der Waals surface area contributed by atoms with Crippen molar-refractivity contribution in [1.29, 1.82) is 0 Å². The Kier molecular flexibility index (Phi) is 4.04. The Labute approximate surface area is 236 Å². The first kappa shape index (κ1) is 21.8. The summed E-state index contributed by atoms with van der Waals surface area (Å²) < 4.78 is 4.38. The van der Waals surface area contributed by atoms with Crippen LogP contribution < -0.4 is 0 Å². The van der Waals surface area contributed by atoms with Crippen molar-refractivity contribution in [3.8, 4) is 11.1 Å². The van der Waals surface area contributed by atoms with Gasteiger partial charge in [0, 0.05) is 35.6 Å². The van der Waals surface area contributed by atoms with Crippen molar-refractivity contribution in [3.05, 3.63) is 110 Å². The van der Waals surface area contributed by atoms with Crippen LogP contribution >= 0.6 is 0 Å². The van der Waals surface area contributed by atoms with E-state index in [0.29, 0.717) is 0 Å². The van der Waals surface area contributed by atoms with Gasteiger partial charge in [0.2, 0.25) is 0 Å². The van der Waals surface area contributed by atoms with Gasteiger partial charge >= 0.3 is 0 Å². The minimum absolute atomic E-state index is 0.860. The Morgan fingerprint density at radius 1 is 0.405 bits per heavy atom. The summed E-state index contributed by atoms with van der Waals surface area (Å²) >= 11 is 0. The van der Waals surface area contributed by atoms with E-state index >= 15 is 0 Å². The van der Waals surface area contributed by atoms with E-state index in [9.17, 15) is 0 Å². The van der Waals surface area contributed by atoms with Gasteiger partial charge in [-0.25, -0.2) is 9.97 Å². The number of rotatable bonds is 1. The van der Waals surface area contributed by atoms with E-state index in [1.807, 2.05) is 49.1 Å². The third-order valence-corrected chi connectivity index (χ3v) is 8.24. The van der Waals surface area contributed by atoms with E-state index in [4.69, 9.17) is 9.97 Å². The molecule has 0 radical (unpaired) electrons. The summed E-state index contributed by atoms with van der Waals surface area (Å²) in [4.78, 5) is 28.8. The maximum Gasteiger partial charge on any atom is 0.148 e. The molecule has 0 atom stereocenters. The van der Waals surface area contributed by atoms with Crippen molar-refractivity contribution in [3.63, 3.8) is 0 Å². The predicted molar refractivity (Wildman–Crippen MR) is 166 cm³/mol. The fraction of sp³-hybridized carbons (Fsp3) is 0. The van der Waals surface area contributed by atoms with Crippen LogP contribution in [0.15, 0.2) is 110 Å². The third kappa shape index (κ3) is 2.75. The molecule has 0 aliphatic heterocycles. The molecule has 8 heteroatoms. The molecule has 0 saturated carbocycles. The monoisotopic (exact) mass is 538 g/mol. The fourth-order valence-corrected chi connectivity index (χ4v) is 6.44. The van der Waals surface area contributed by atoms with Gasteiger partial charge in [-0.2, -0.15) is 0 Å². The second kappa shape index (κ2) is 7.80. The van der Waals surface area contributed by atoms with Gasteiger partial charge in [-0.05, 0) is 83.9 Å². The zero-order valence-electron chi connectivity index (χ0n) is 22.0. The van der Waals surface area contributed by atoms with E-state index in [2.05, 4.69) is 89.4 Å². The van der Waals surface area contributed by atoms with Gasteiger partial charge in [0.1, 0.15) is 33.4 Å². The Morgan fingerprint density at radius 2 is 0.833 bits per heavy atom. The molecule has 0 bridgehead atoms. The van der Waals surface area contributed by atoms with E-state index < -0.39 is 0 Å². The number of fused-ring (bicyclic) bond motifs is 16. The lowest BCUT2D eigenvalue weighted by atomic mass is 10.0. The first-order valence-electron chi connectivity index (χ1n) is 13.7. The zero-order chi connectivity index (χ0) is 27.4. The van der Waals surface area contributed by atoms with Crippen molar-refractivity contribution in [2.24, 2.45) is 0 Å². The molecule has 194 valence electrons. The molecule has 0 aliphatic carbocycles. The molecule has 0 saturated heterocycles. The Morgan fingerprint density at radius 3 is 1.31 bits per heavy atom. The van der Waals surface area contributed by atoms with Crippen molar-refractivity contribution >= 4 is 77.2 Å². The molecule has 0 amide bonds. The van der Waals surface area contributed by atoms with E-state index in [1.54, 1.807) is 0 Å². The molecule has 0 fully saturated rings. The molecule has 2 aromatic carbocycles. The van der Waals surface area contributed by atoms with Gasteiger partial charge in [-0.3, -0.25) is 28.7 Å². The first-order valence-corrected chi connectivity index (χ1v) is 13.7. The number of pyridine rings is 6. The molecule has 0 spiro atoms. The lowest BCUT2D eigenvalue weighted by Gasteiger charge is -2.07. The normalized spacial score (nSPS) is 12.3. The van der Waals surface area contributed by atoms with Crippen LogP contribution in [0.2, 0.25) is 0 Å². The quantitative estimate of drug-likeness (QED) is 0.206. The lowest BCUT2D eigenvalue weighted by Crippen LogP contribution is -1.94. The summed E-state index contributed by atoms with van der Waals surface area (Å²) in [6, 6.07) is 29.0. The second-order valence-electron chi connectivity index (χ2n) is 10.5. The summed E-state index contributed by atoms with van der Waals surface area (Å²) in [5.41, 5.74) is 13.2. The summed E-state index contributed by atoms with van der Waals surface area (Å²) in [7, 11) is 0. The van der Waals surface area contributed by atoms with Crippen LogP contribution in [0.25, 0.3) is 88.4 Å². The lowest BCUT2D eigenvalue weighted by molar-refractivity contribution is 1.27. The maximum atomic E-state index is 5.11. The molecule has 8 aromatic heterocycles. The predicted octanol–water partition coefficient (Wildman–Crippen LogP) is 7.15. The number of hydrogen-bond donors (Lipinski definition) is 0. The molecular weight excluding hydrogens is 520 g/mol. The fourth-order valence-electron chi connectivity index (χ4n) is 6.44. The Hall–Kier alpha value is -6.02. The average Bonchev–Trinajstić information content (AvgIpc) is 3.64. The van der Waals surface area contributed by atoms with Crippen molar-refractivity contribution in [2.45, 2.75) is 0 Å². The van der Waals surface area contributed by atoms with Gasteiger partial charge < -0.3 is 0 Å². The van der Waals surface area contributed by atoms with E-state index in [1.165, 1.54) is 0 Å². The maximum absolute atomic E-state index is 5.11. The van der Waals surface area contributed by atoms with Crippen molar-refractivity contribution in [2.75, 3.05) is 0 Å². The molecule has 0 unspecified atom stereocenters. The van der Waals surface area contributed by atoms with Crippen LogP contribution in [0.1, 0.15) is 0 Å². The van der Waals surface area contributed by atoms with Crippen molar-refractivity contribution in [1.82, 2.24) is 38.7 Å².